The number of unbranched alkanes of at least 4 members (excludes halogenated alkanes) is 4. The van der Waals surface area contributed by atoms with Gasteiger partial charge in [-0.2, -0.15) is 0 Å². The number of morpholine rings is 2. The van der Waals surface area contributed by atoms with Gasteiger partial charge in [-0.3, -0.25) is 9.80 Å². The van der Waals surface area contributed by atoms with Crippen LogP contribution in [0, 0.1) is 5.92 Å². The van der Waals surface area contributed by atoms with E-state index in [4.69, 9.17) is 90.7 Å². The van der Waals surface area contributed by atoms with Crippen LogP contribution in [0.25, 0.3) is 0 Å². The van der Waals surface area contributed by atoms with Gasteiger partial charge in [0.05, 0.1) is 103 Å². The van der Waals surface area contributed by atoms with Gasteiger partial charge < -0.3 is 244 Å². The third-order valence-corrected chi connectivity index (χ3v) is 24.2. The van der Waals surface area contributed by atoms with Crippen molar-refractivity contribution in [2.75, 3.05) is 112 Å². The predicted octanol–water partition coefficient (Wildman–Crippen LogP) is -18.5. The first kappa shape index (κ1) is 108. The van der Waals surface area contributed by atoms with Crippen LogP contribution in [0.3, 0.4) is 0 Å². The fourth-order valence-electron chi connectivity index (χ4n) is 16.8. The first-order valence-corrected chi connectivity index (χ1v) is 42.6. The van der Waals surface area contributed by atoms with E-state index in [2.05, 4.69) is 0 Å². The number of aliphatic hydroxyl groups is 32. The Morgan fingerprint density at radius 1 is 0.270 bits per heavy atom. The number of nitrogens with zero attached hydrogens (tertiary/aromatic N) is 2. The number of aliphatic hydroxyl groups excluding tert-OH is 32. The van der Waals surface area contributed by atoms with Crippen molar-refractivity contribution in [3.63, 3.8) is 0 Å². The van der Waals surface area contributed by atoms with Crippen molar-refractivity contribution in [1.82, 2.24) is 9.80 Å². The van der Waals surface area contributed by atoms with Gasteiger partial charge in [-0.15, -0.1) is 0 Å². The highest BCUT2D eigenvalue weighted by atomic mass is 16.8. The lowest BCUT2D eigenvalue weighted by molar-refractivity contribution is -0.399. The monoisotopic (exact) mass is 1850 g/mol. The van der Waals surface area contributed by atoms with Crippen molar-refractivity contribution in [2.24, 2.45) is 5.92 Å². The van der Waals surface area contributed by atoms with E-state index in [1.54, 1.807) is 23.6 Å². The smallest absolute Gasteiger partial charge is 0.187 e. The van der Waals surface area contributed by atoms with Crippen molar-refractivity contribution in [1.29, 1.82) is 0 Å². The van der Waals surface area contributed by atoms with E-state index in [1.165, 1.54) is 0 Å². The summed E-state index contributed by atoms with van der Waals surface area (Å²) in [5.41, 5.74) is 0. The van der Waals surface area contributed by atoms with Crippen LogP contribution in [0.4, 0.5) is 0 Å². The van der Waals surface area contributed by atoms with E-state index in [0.717, 1.165) is 0 Å². The van der Waals surface area contributed by atoms with Crippen LogP contribution in [-0.2, 0) is 80.5 Å². The maximum absolute atomic E-state index is 12.5. The van der Waals surface area contributed by atoms with E-state index in [0.29, 0.717) is 45.1 Å². The van der Waals surface area contributed by atoms with Gasteiger partial charge in [0.25, 0.3) is 0 Å². The van der Waals surface area contributed by atoms with Gasteiger partial charge in [0.1, 0.15) is 208 Å². The van der Waals surface area contributed by atoms with Crippen LogP contribution in [0.5, 0.6) is 0 Å². The molecule has 9 aliphatic rings. The van der Waals surface area contributed by atoms with E-state index >= 15 is 0 Å². The number of rotatable bonds is 46. The maximum atomic E-state index is 12.5. The van der Waals surface area contributed by atoms with Gasteiger partial charge in [0.15, 0.2) is 50.3 Å². The number of ether oxygens (including phenoxy) is 17. The summed E-state index contributed by atoms with van der Waals surface area (Å²) in [6.45, 7) is -6.13. The average molecular weight is 1850 g/mol. The van der Waals surface area contributed by atoms with Crippen molar-refractivity contribution in [2.45, 2.75) is 354 Å². The Morgan fingerprint density at radius 3 is 0.825 bits per heavy atom. The minimum absolute atomic E-state index is 0.0000366. The van der Waals surface area contributed by atoms with Crippen LogP contribution in [0.1, 0.15) is 65.2 Å². The molecule has 0 spiro atoms. The molecule has 40 unspecified atom stereocenters. The van der Waals surface area contributed by atoms with Crippen LogP contribution in [0.2, 0.25) is 0 Å². The highest BCUT2D eigenvalue weighted by Crippen LogP contribution is 2.40. The Hall–Kier alpha value is -2.04. The van der Waals surface area contributed by atoms with E-state index in [9.17, 15) is 153 Å². The second-order valence-corrected chi connectivity index (χ2v) is 33.7. The Balaban J connectivity index is 0.939. The molecule has 32 N–H and O–H groups in total. The Kier molecular flexibility index (Phi) is 43.3. The molecule has 9 heterocycles. The number of hydrogen-bond acceptors (Lipinski definition) is 51. The Bertz CT molecular complexity index is 3050. The zero-order valence-electron chi connectivity index (χ0n) is 69.5. The van der Waals surface area contributed by atoms with Crippen LogP contribution in [0.15, 0.2) is 0 Å². The molecule has 9 rings (SSSR count). The Labute approximate surface area is 723 Å². The second kappa shape index (κ2) is 50.7. The van der Waals surface area contributed by atoms with Crippen LogP contribution >= 0.6 is 0 Å². The van der Waals surface area contributed by atoms with Gasteiger partial charge >= 0.3 is 0 Å². The molecule has 0 amide bonds. The normalized spacial score (nSPS) is 44.0. The standard InChI is InChI=1S/C75H136N2O49/c1-28(2)62-55(103)63(48(96)35(21-82)113-62)122-73-59(107)67(52(100)39(25-86)117-73)124-74-60(108)68(53(101)40(26-87)118-74)125-75-61(109)69(126-72-58(106)65(50(98)38(24-85)116-72)121-43-16-77(14-30(18-79)112-43)12-8-4-6-10-32(89)45(93)47(95)34(91)20-81)54(102)41(119-75)27-110-70-56(104)66(51(99)36(22-83)114-70)123-71-57(105)64(49(97)37(23-84)115-71)120-42-15-76(13-29(17-78)111-42)11-7-3-5-9-31(88)44(92)46(94)33(90)19-80/h28-75,78-109H,3-27H2,1-2H3/t29?,30?,31?,32-,33-,34-,35?,36?,37?,38?,39?,40?,41?,42?,43?,44-,45-,46-,47-,48?,49?,50?,51?,52?,53?,54?,55?,56?,57?,58?,59?,60?,61?,62?,63?,64?,65?,66?,67?,68?,69?,70?,71?,72?,73?,74?,75?/m1/s1. The lowest BCUT2D eigenvalue weighted by Gasteiger charge is -2.50. The SMILES string of the molecule is CC(C)C1OC(CO)C(O)C(OC2OC(CO)C(O)C(OC3OC(CO)C(O)C(OC4OC(COC5OC(CO)C(O)C(OC6OC(CO)C(O)C(OC7CN(CCCCCC(O)[C@@H](O)[C@H](O)[C@H](O)CO)CC(CO)O7)C6O)C5O)C(O)C(OC5OC(CO)C(O)C(OC6CN(CCCCC[C@@H](O)[C@@H](O)[C@H](O)[C@H](O)CO)CC(CO)O6)C5O)C4O)C3O)C2O)C1O. The summed E-state index contributed by atoms with van der Waals surface area (Å²) in [5, 5.41) is 349. The molecule has 0 aliphatic carbocycles. The van der Waals surface area contributed by atoms with Gasteiger partial charge in [0, 0.05) is 26.2 Å². The molecule has 126 heavy (non-hydrogen) atoms. The molecule has 0 aromatic carbocycles. The van der Waals surface area contributed by atoms with Crippen molar-refractivity contribution < 1.29 is 244 Å². The summed E-state index contributed by atoms with van der Waals surface area (Å²) in [4.78, 5) is 3.58. The van der Waals surface area contributed by atoms with Crippen LogP contribution in [-0.4, -0.2) is 574 Å². The minimum atomic E-state index is -2.48. The molecular formula is C75H136N2O49. The van der Waals surface area contributed by atoms with Gasteiger partial charge in [-0.25, -0.2) is 0 Å². The van der Waals surface area contributed by atoms with Crippen molar-refractivity contribution >= 4 is 0 Å². The third kappa shape index (κ3) is 26.6. The largest absolute Gasteiger partial charge is 0.394 e. The molecule has 0 aromatic heterocycles. The zero-order valence-corrected chi connectivity index (χ0v) is 69.5. The quantitative estimate of drug-likeness (QED) is 0.0252. The predicted molar refractivity (Wildman–Crippen MR) is 406 cm³/mol. The highest BCUT2D eigenvalue weighted by Gasteiger charge is 2.60. The molecule has 9 fully saturated rings. The molecule has 0 saturated carbocycles. The molecule has 0 aromatic rings. The Morgan fingerprint density at radius 2 is 0.532 bits per heavy atom. The topological polar surface area (TPSA) is 811 Å². The van der Waals surface area contributed by atoms with Crippen molar-refractivity contribution in [3.05, 3.63) is 0 Å². The second-order valence-electron chi connectivity index (χ2n) is 33.7. The first-order valence-electron chi connectivity index (χ1n) is 42.6. The van der Waals surface area contributed by atoms with Crippen molar-refractivity contribution in [3.8, 4) is 0 Å². The summed E-state index contributed by atoms with van der Waals surface area (Å²) >= 11 is 0. The van der Waals surface area contributed by atoms with Gasteiger partial charge in [0.2, 0.25) is 0 Å². The van der Waals surface area contributed by atoms with Gasteiger partial charge in [-0.1, -0.05) is 39.5 Å². The van der Waals surface area contributed by atoms with Gasteiger partial charge in [-0.05, 0) is 44.7 Å². The summed E-state index contributed by atoms with van der Waals surface area (Å²) in [6, 6.07) is 0. The average Bonchev–Trinajstić information content (AvgIpc) is 0.766. The molecule has 47 atom stereocenters. The van der Waals surface area contributed by atoms with E-state index in [1.807, 2.05) is 0 Å². The fourth-order valence-corrected chi connectivity index (χ4v) is 16.8. The summed E-state index contributed by atoms with van der Waals surface area (Å²) in [6.07, 6.45) is -86.4. The molecule has 51 heteroatoms. The lowest BCUT2D eigenvalue weighted by atomic mass is 9.89. The van der Waals surface area contributed by atoms with E-state index < -0.39 is 367 Å². The molecular weight excluding hydrogens is 1710 g/mol. The molecule has 740 valence electrons. The first-order chi connectivity index (χ1) is 60.0. The summed E-state index contributed by atoms with van der Waals surface area (Å²) in [5.74, 6) is -0.463. The molecule has 9 saturated heterocycles. The summed E-state index contributed by atoms with van der Waals surface area (Å²) in [7, 11) is 0. The lowest BCUT2D eigenvalue weighted by Crippen LogP contribution is -2.68. The van der Waals surface area contributed by atoms with E-state index in [-0.39, 0.29) is 45.6 Å². The molecule has 0 bridgehead atoms. The molecule has 9 aliphatic heterocycles. The minimum Gasteiger partial charge on any atom is -0.394 e. The third-order valence-electron chi connectivity index (χ3n) is 24.2. The molecule has 0 radical (unpaired) electrons. The maximum Gasteiger partial charge on any atom is 0.187 e. The highest BCUT2D eigenvalue weighted by molar-refractivity contribution is 5.03. The zero-order chi connectivity index (χ0) is 92.6. The van der Waals surface area contributed by atoms with Crippen LogP contribution < -0.4 is 0 Å². The molecule has 51 nitrogen and oxygen atoms in total. The summed E-state index contributed by atoms with van der Waals surface area (Å²) < 4.78 is 101. The number of hydrogen-bond donors (Lipinski definition) is 32. The fraction of sp³-hybridized carbons (Fsp3) is 1.00.